The fourth-order valence-electron chi connectivity index (χ4n) is 4.05. The van der Waals surface area contributed by atoms with Gasteiger partial charge in [0, 0.05) is 42.7 Å². The Kier molecular flexibility index (Phi) is 4.66. The first-order valence-electron chi connectivity index (χ1n) is 10.1. The lowest BCUT2D eigenvalue weighted by atomic mass is 10.1. The van der Waals surface area contributed by atoms with Gasteiger partial charge in [-0.15, -0.1) is 0 Å². The number of nitrogens with one attached hydrogen (secondary N) is 2. The maximum Gasteiger partial charge on any atom is 0.236 e. The second-order valence-electron chi connectivity index (χ2n) is 7.57. The van der Waals surface area contributed by atoms with Crippen molar-refractivity contribution in [3.63, 3.8) is 0 Å². The largest absolute Gasteiger partial charge is 0.366 e. The van der Waals surface area contributed by atoms with Crippen LogP contribution in [0.15, 0.2) is 54.6 Å². The van der Waals surface area contributed by atoms with Crippen LogP contribution in [0.5, 0.6) is 0 Å². The monoisotopic (exact) mass is 394 g/mol. The van der Waals surface area contributed by atoms with Crippen LogP contribution in [-0.4, -0.2) is 21.1 Å². The summed E-state index contributed by atoms with van der Waals surface area (Å²) in [5.74, 6) is 1.55. The molecule has 0 radical (unpaired) electrons. The fraction of sp³-hybridized carbons (Fsp3) is 0.208. The molecule has 30 heavy (non-hydrogen) atoms. The molecule has 0 bridgehead atoms. The molecule has 148 valence electrons. The maximum absolute atomic E-state index is 9.22. The molecule has 2 aromatic carbocycles. The molecule has 0 saturated carbocycles. The molecule has 6 heteroatoms. The normalized spacial score (nSPS) is 13.1. The number of nitriles is 1. The summed E-state index contributed by atoms with van der Waals surface area (Å²) in [6.07, 6.45) is 0.877. The minimum Gasteiger partial charge on any atom is -0.366 e. The summed E-state index contributed by atoms with van der Waals surface area (Å²) in [6, 6.07) is 20.4. The molecule has 0 amide bonds. The predicted molar refractivity (Wildman–Crippen MR) is 117 cm³/mol. The van der Waals surface area contributed by atoms with Gasteiger partial charge >= 0.3 is 0 Å². The van der Waals surface area contributed by atoms with Crippen molar-refractivity contribution in [2.24, 2.45) is 0 Å². The smallest absolute Gasteiger partial charge is 0.236 e. The molecule has 1 aliphatic rings. The van der Waals surface area contributed by atoms with E-state index in [1.54, 1.807) is 0 Å². The molecular formula is C24H22N6. The third kappa shape index (κ3) is 3.30. The number of hydrogen-bond acceptors (Lipinski definition) is 5. The second kappa shape index (κ2) is 7.62. The highest BCUT2D eigenvalue weighted by molar-refractivity contribution is 5.84. The zero-order chi connectivity index (χ0) is 20.5. The Morgan fingerprint density at radius 3 is 2.83 bits per heavy atom. The molecule has 4 aromatic rings. The van der Waals surface area contributed by atoms with E-state index in [1.807, 2.05) is 43.3 Å². The van der Waals surface area contributed by atoms with E-state index in [4.69, 9.17) is 9.97 Å². The van der Waals surface area contributed by atoms with Crippen molar-refractivity contribution in [1.29, 1.82) is 5.26 Å². The Morgan fingerprint density at radius 1 is 1.13 bits per heavy atom. The molecule has 1 aliphatic heterocycles. The zero-order valence-corrected chi connectivity index (χ0v) is 16.8. The van der Waals surface area contributed by atoms with Crippen molar-refractivity contribution in [2.75, 3.05) is 11.9 Å². The standard InChI is InChI=1S/C24H22N6/c1-16-11-19-12-18(13-25)7-8-22(19)30(16)24-28-21-9-10-26-15-20(21)23(29-24)27-14-17-5-3-2-4-6-17/h2-8,11-12,26H,9-10,14-15H2,1H3,(H,27,28,29). The number of benzene rings is 2. The first-order valence-corrected chi connectivity index (χ1v) is 10.1. The van der Waals surface area contributed by atoms with Gasteiger partial charge in [0.05, 0.1) is 22.8 Å². The van der Waals surface area contributed by atoms with E-state index in [1.165, 1.54) is 5.56 Å². The molecule has 2 aromatic heterocycles. The van der Waals surface area contributed by atoms with Crippen molar-refractivity contribution in [1.82, 2.24) is 19.9 Å². The summed E-state index contributed by atoms with van der Waals surface area (Å²) in [5, 5.41) is 17.2. The molecule has 2 N–H and O–H groups in total. The van der Waals surface area contributed by atoms with Gasteiger partial charge < -0.3 is 10.6 Å². The van der Waals surface area contributed by atoms with Crippen LogP contribution < -0.4 is 10.6 Å². The lowest BCUT2D eigenvalue weighted by Crippen LogP contribution is -2.27. The lowest BCUT2D eigenvalue weighted by molar-refractivity contribution is 0.624. The zero-order valence-electron chi connectivity index (χ0n) is 16.8. The predicted octanol–water partition coefficient (Wildman–Crippen LogP) is 3.86. The van der Waals surface area contributed by atoms with Crippen LogP contribution in [0.25, 0.3) is 16.9 Å². The molecule has 0 atom stereocenters. The number of rotatable bonds is 4. The van der Waals surface area contributed by atoms with Crippen molar-refractivity contribution in [3.05, 3.63) is 82.7 Å². The Hall–Kier alpha value is -3.69. The molecule has 0 aliphatic carbocycles. The van der Waals surface area contributed by atoms with Gasteiger partial charge in [-0.25, -0.2) is 4.98 Å². The number of aromatic nitrogens is 3. The second-order valence-corrected chi connectivity index (χ2v) is 7.57. The van der Waals surface area contributed by atoms with E-state index >= 15 is 0 Å². The van der Waals surface area contributed by atoms with Gasteiger partial charge in [0.2, 0.25) is 5.95 Å². The highest BCUT2D eigenvalue weighted by Crippen LogP contribution is 2.27. The van der Waals surface area contributed by atoms with Gasteiger partial charge in [0.1, 0.15) is 5.82 Å². The van der Waals surface area contributed by atoms with E-state index in [0.29, 0.717) is 18.1 Å². The molecule has 5 rings (SSSR count). The Morgan fingerprint density at radius 2 is 2.00 bits per heavy atom. The minimum absolute atomic E-state index is 0.655. The van der Waals surface area contributed by atoms with Crippen LogP contribution in [0.1, 0.15) is 28.1 Å². The topological polar surface area (TPSA) is 78.6 Å². The number of nitrogens with zero attached hydrogens (tertiary/aromatic N) is 4. The molecule has 3 heterocycles. The van der Waals surface area contributed by atoms with E-state index in [2.05, 4.69) is 39.5 Å². The van der Waals surface area contributed by atoms with Crippen molar-refractivity contribution < 1.29 is 0 Å². The maximum atomic E-state index is 9.22. The van der Waals surface area contributed by atoms with Crippen molar-refractivity contribution in [2.45, 2.75) is 26.4 Å². The van der Waals surface area contributed by atoms with Gasteiger partial charge in [-0.3, -0.25) is 4.57 Å². The van der Waals surface area contributed by atoms with Crippen LogP contribution in [0, 0.1) is 18.3 Å². The van der Waals surface area contributed by atoms with Crippen molar-refractivity contribution in [3.8, 4) is 12.0 Å². The van der Waals surface area contributed by atoms with Crippen LogP contribution in [0.3, 0.4) is 0 Å². The summed E-state index contributed by atoms with van der Waals surface area (Å²) in [6.45, 7) is 4.44. The van der Waals surface area contributed by atoms with E-state index in [-0.39, 0.29) is 0 Å². The SMILES string of the molecule is Cc1cc2cc(C#N)ccc2n1-c1nc2c(c(NCc3ccccc3)n1)CNCC2. The van der Waals surface area contributed by atoms with E-state index in [0.717, 1.165) is 53.2 Å². The molecule has 0 spiro atoms. The average molecular weight is 394 g/mol. The van der Waals surface area contributed by atoms with Crippen LogP contribution in [0.2, 0.25) is 0 Å². The van der Waals surface area contributed by atoms with Gasteiger partial charge in [0.15, 0.2) is 0 Å². The lowest BCUT2D eigenvalue weighted by Gasteiger charge is -2.21. The number of fused-ring (bicyclic) bond motifs is 2. The van der Waals surface area contributed by atoms with E-state index in [9.17, 15) is 5.26 Å². The van der Waals surface area contributed by atoms with Crippen LogP contribution in [-0.2, 0) is 19.5 Å². The van der Waals surface area contributed by atoms with Gasteiger partial charge in [-0.2, -0.15) is 10.2 Å². The molecule has 0 saturated heterocycles. The Balaban J connectivity index is 1.60. The summed E-state index contributed by atoms with van der Waals surface area (Å²) in [5.41, 5.74) is 6.15. The average Bonchev–Trinajstić information content (AvgIpc) is 3.12. The number of aryl methyl sites for hydroxylation is 1. The molecular weight excluding hydrogens is 372 g/mol. The Bertz CT molecular complexity index is 1270. The first kappa shape index (κ1) is 18.3. The quantitative estimate of drug-likeness (QED) is 0.550. The molecule has 0 unspecified atom stereocenters. The summed E-state index contributed by atoms with van der Waals surface area (Å²) >= 11 is 0. The van der Waals surface area contributed by atoms with Crippen LogP contribution >= 0.6 is 0 Å². The first-order chi connectivity index (χ1) is 14.7. The Labute approximate surface area is 175 Å². The summed E-state index contributed by atoms with van der Waals surface area (Å²) < 4.78 is 2.08. The van der Waals surface area contributed by atoms with Gasteiger partial charge in [0.25, 0.3) is 0 Å². The number of hydrogen-bond donors (Lipinski definition) is 2. The fourth-order valence-corrected chi connectivity index (χ4v) is 4.05. The summed E-state index contributed by atoms with van der Waals surface area (Å²) in [7, 11) is 0. The van der Waals surface area contributed by atoms with Crippen molar-refractivity contribution >= 4 is 16.7 Å². The van der Waals surface area contributed by atoms with E-state index < -0.39 is 0 Å². The molecule has 0 fully saturated rings. The number of anilines is 1. The highest BCUT2D eigenvalue weighted by atomic mass is 15.2. The third-order valence-corrected chi connectivity index (χ3v) is 5.54. The van der Waals surface area contributed by atoms with Gasteiger partial charge in [-0.05, 0) is 36.8 Å². The van der Waals surface area contributed by atoms with Crippen LogP contribution in [0.4, 0.5) is 5.82 Å². The minimum atomic E-state index is 0.655. The van der Waals surface area contributed by atoms with Gasteiger partial charge in [-0.1, -0.05) is 30.3 Å². The summed E-state index contributed by atoms with van der Waals surface area (Å²) in [4.78, 5) is 9.86. The molecule has 6 nitrogen and oxygen atoms in total. The highest BCUT2D eigenvalue weighted by Gasteiger charge is 2.20. The third-order valence-electron chi connectivity index (χ3n) is 5.54.